The van der Waals surface area contributed by atoms with Crippen LogP contribution in [0.25, 0.3) is 17.3 Å². The number of piperidine rings is 1. The Hall–Kier alpha value is -3.17. The van der Waals surface area contributed by atoms with Crippen molar-refractivity contribution in [3.05, 3.63) is 48.9 Å². The summed E-state index contributed by atoms with van der Waals surface area (Å²) in [7, 11) is 0. The van der Waals surface area contributed by atoms with Crippen LogP contribution in [0.4, 0.5) is 5.82 Å². The molecule has 2 aliphatic heterocycles. The maximum Gasteiger partial charge on any atom is 0.239 e. The molecule has 9 nitrogen and oxygen atoms in total. The highest BCUT2D eigenvalue weighted by Gasteiger charge is 2.27. The van der Waals surface area contributed by atoms with Crippen LogP contribution in [-0.2, 0) is 4.79 Å². The lowest BCUT2D eigenvalue weighted by molar-refractivity contribution is -0.117. The maximum absolute atomic E-state index is 12.8. The van der Waals surface area contributed by atoms with Crippen LogP contribution < -0.4 is 5.32 Å². The first kappa shape index (κ1) is 20.7. The lowest BCUT2D eigenvalue weighted by Gasteiger charge is -2.36. The van der Waals surface area contributed by atoms with E-state index in [2.05, 4.69) is 35.2 Å². The van der Waals surface area contributed by atoms with Crippen molar-refractivity contribution < 1.29 is 4.79 Å². The Kier molecular flexibility index (Phi) is 6.17. The number of nitrogens with zero attached hydrogens (tertiary/aromatic N) is 7. The molecular formula is C23H28N8O. The predicted molar refractivity (Wildman–Crippen MR) is 121 cm³/mol. The van der Waals surface area contributed by atoms with Gasteiger partial charge in [0.05, 0.1) is 6.54 Å². The van der Waals surface area contributed by atoms with E-state index < -0.39 is 0 Å². The molecule has 3 aromatic heterocycles. The monoisotopic (exact) mass is 432 g/mol. The van der Waals surface area contributed by atoms with E-state index >= 15 is 0 Å². The van der Waals surface area contributed by atoms with Crippen molar-refractivity contribution in [1.29, 1.82) is 0 Å². The van der Waals surface area contributed by atoms with Gasteiger partial charge in [0.15, 0.2) is 11.6 Å². The van der Waals surface area contributed by atoms with Crippen molar-refractivity contribution in [3.63, 3.8) is 0 Å². The highest BCUT2D eigenvalue weighted by atomic mass is 16.2. The van der Waals surface area contributed by atoms with E-state index in [1.807, 2.05) is 24.3 Å². The van der Waals surface area contributed by atoms with Crippen LogP contribution in [0.1, 0.15) is 25.7 Å². The number of pyridine rings is 1. The van der Waals surface area contributed by atoms with Crippen molar-refractivity contribution in [1.82, 2.24) is 34.5 Å². The summed E-state index contributed by atoms with van der Waals surface area (Å²) in [6.07, 6.45) is 10.1. The van der Waals surface area contributed by atoms with Gasteiger partial charge in [0, 0.05) is 43.8 Å². The average molecular weight is 433 g/mol. The normalized spacial score (nSPS) is 18.1. The Morgan fingerprint density at radius 1 is 1.03 bits per heavy atom. The fraction of sp³-hybridized carbons (Fsp3) is 0.435. The summed E-state index contributed by atoms with van der Waals surface area (Å²) in [5, 5.41) is 7.21. The molecule has 3 aromatic rings. The lowest BCUT2D eigenvalue weighted by atomic mass is 10.0. The molecule has 9 heteroatoms. The van der Waals surface area contributed by atoms with Gasteiger partial charge < -0.3 is 10.2 Å². The minimum absolute atomic E-state index is 0.0679. The number of nitrogens with one attached hydrogen (secondary N) is 1. The quantitative estimate of drug-likeness (QED) is 0.638. The molecule has 0 saturated carbocycles. The molecule has 0 aliphatic carbocycles. The number of hydrogen-bond donors (Lipinski definition) is 1. The van der Waals surface area contributed by atoms with E-state index in [1.54, 1.807) is 29.3 Å². The molecule has 2 fully saturated rings. The molecule has 0 spiro atoms. The summed E-state index contributed by atoms with van der Waals surface area (Å²) in [6.45, 7) is 4.74. The molecule has 5 rings (SSSR count). The molecular weight excluding hydrogens is 404 g/mol. The summed E-state index contributed by atoms with van der Waals surface area (Å²) < 4.78 is 1.65. The molecule has 1 amide bonds. The van der Waals surface area contributed by atoms with Gasteiger partial charge in [-0.05, 0) is 57.0 Å². The zero-order valence-electron chi connectivity index (χ0n) is 18.1. The molecule has 32 heavy (non-hydrogen) atoms. The van der Waals surface area contributed by atoms with E-state index in [0.29, 0.717) is 35.7 Å². The first-order valence-electron chi connectivity index (χ1n) is 11.3. The predicted octanol–water partition coefficient (Wildman–Crippen LogP) is 2.22. The number of amides is 1. The molecule has 5 heterocycles. The van der Waals surface area contributed by atoms with Gasteiger partial charge in [0.1, 0.15) is 11.5 Å². The summed E-state index contributed by atoms with van der Waals surface area (Å²) in [5.41, 5.74) is 0.640. The second kappa shape index (κ2) is 9.54. The number of anilines is 1. The van der Waals surface area contributed by atoms with Gasteiger partial charge >= 0.3 is 0 Å². The Bertz CT molecular complexity index is 1030. The van der Waals surface area contributed by atoms with Crippen LogP contribution >= 0.6 is 0 Å². The first-order valence-corrected chi connectivity index (χ1v) is 11.3. The fourth-order valence-electron chi connectivity index (χ4n) is 4.56. The van der Waals surface area contributed by atoms with Gasteiger partial charge in [-0.3, -0.25) is 14.7 Å². The molecule has 0 unspecified atom stereocenters. The first-order chi connectivity index (χ1) is 15.7. The van der Waals surface area contributed by atoms with Crippen molar-refractivity contribution in [2.45, 2.75) is 31.7 Å². The van der Waals surface area contributed by atoms with Crippen molar-refractivity contribution >= 4 is 11.7 Å². The smallest absolute Gasteiger partial charge is 0.239 e. The molecule has 0 radical (unpaired) electrons. The van der Waals surface area contributed by atoms with E-state index in [-0.39, 0.29) is 5.91 Å². The average Bonchev–Trinajstić information content (AvgIpc) is 3.55. The van der Waals surface area contributed by atoms with E-state index in [9.17, 15) is 4.79 Å². The van der Waals surface area contributed by atoms with Gasteiger partial charge in [-0.2, -0.15) is 5.10 Å². The molecule has 2 saturated heterocycles. The second-order valence-corrected chi connectivity index (χ2v) is 8.40. The van der Waals surface area contributed by atoms with Crippen LogP contribution in [0, 0.1) is 0 Å². The number of hydrogen-bond acceptors (Lipinski definition) is 7. The zero-order chi connectivity index (χ0) is 21.8. The minimum atomic E-state index is -0.0679. The minimum Gasteiger partial charge on any atom is -0.309 e. The van der Waals surface area contributed by atoms with E-state index in [4.69, 9.17) is 0 Å². The topological polar surface area (TPSA) is 92.1 Å². The van der Waals surface area contributed by atoms with Crippen LogP contribution in [0.5, 0.6) is 0 Å². The molecule has 1 N–H and O–H groups in total. The number of carbonyl (C=O) groups is 1. The van der Waals surface area contributed by atoms with Gasteiger partial charge in [-0.15, -0.1) is 0 Å². The highest BCUT2D eigenvalue weighted by molar-refractivity contribution is 5.91. The molecule has 166 valence electrons. The number of rotatable bonds is 6. The van der Waals surface area contributed by atoms with Crippen LogP contribution in [0.3, 0.4) is 0 Å². The van der Waals surface area contributed by atoms with Crippen LogP contribution in [-0.4, -0.2) is 79.2 Å². The summed E-state index contributed by atoms with van der Waals surface area (Å²) >= 11 is 0. The fourth-order valence-corrected chi connectivity index (χ4v) is 4.56. The third-order valence-corrected chi connectivity index (χ3v) is 6.19. The third kappa shape index (κ3) is 4.84. The molecule has 0 aromatic carbocycles. The number of likely N-dealkylation sites (tertiary alicyclic amines) is 2. The SMILES string of the molecule is O=C(CN1CCC(N2CCCC2)CC1)Nc1cc(-n2cccn2)nc(-c2ccccn2)n1. The van der Waals surface area contributed by atoms with E-state index in [0.717, 1.165) is 25.9 Å². The van der Waals surface area contributed by atoms with Crippen molar-refractivity contribution in [2.75, 3.05) is 38.0 Å². The van der Waals surface area contributed by atoms with E-state index in [1.165, 1.54) is 25.9 Å². The van der Waals surface area contributed by atoms with Crippen molar-refractivity contribution in [3.8, 4) is 17.3 Å². The molecule has 0 atom stereocenters. The Labute approximate surface area is 187 Å². The van der Waals surface area contributed by atoms with Gasteiger partial charge in [0.2, 0.25) is 5.91 Å². The van der Waals surface area contributed by atoms with Gasteiger partial charge in [-0.25, -0.2) is 14.6 Å². The van der Waals surface area contributed by atoms with Gasteiger partial charge in [-0.1, -0.05) is 6.07 Å². The zero-order valence-corrected chi connectivity index (χ0v) is 18.1. The summed E-state index contributed by atoms with van der Waals surface area (Å²) in [4.78, 5) is 31.1. The van der Waals surface area contributed by atoms with Crippen LogP contribution in [0.15, 0.2) is 48.9 Å². The molecule has 0 bridgehead atoms. The van der Waals surface area contributed by atoms with Crippen molar-refractivity contribution in [2.24, 2.45) is 0 Å². The maximum atomic E-state index is 12.8. The standard InChI is InChI=1S/C23H28N8O/c32-22(17-29-14-7-18(8-15-29)30-11-3-4-12-30)26-20-16-21(31-13-5-10-25-31)28-23(27-20)19-6-1-2-9-24-19/h1-2,5-6,9-10,13,16,18H,3-4,7-8,11-12,14-15,17H2,(H,26,27,28,32). The number of carbonyl (C=O) groups excluding carboxylic acids is 1. The third-order valence-electron chi connectivity index (χ3n) is 6.19. The largest absolute Gasteiger partial charge is 0.309 e. The lowest BCUT2D eigenvalue weighted by Crippen LogP contribution is -2.45. The Balaban J connectivity index is 1.26. The number of aromatic nitrogens is 5. The Morgan fingerprint density at radius 2 is 1.88 bits per heavy atom. The second-order valence-electron chi connectivity index (χ2n) is 8.40. The Morgan fingerprint density at radius 3 is 2.59 bits per heavy atom. The summed E-state index contributed by atoms with van der Waals surface area (Å²) in [6, 6.07) is 9.81. The highest BCUT2D eigenvalue weighted by Crippen LogP contribution is 2.21. The molecule has 2 aliphatic rings. The van der Waals surface area contributed by atoms with Crippen LogP contribution in [0.2, 0.25) is 0 Å². The van der Waals surface area contributed by atoms with Gasteiger partial charge in [0.25, 0.3) is 0 Å². The summed E-state index contributed by atoms with van der Waals surface area (Å²) in [5.74, 6) is 1.40.